The minimum atomic E-state index is -3.28. The van der Waals surface area contributed by atoms with E-state index in [2.05, 4.69) is 0 Å². The zero-order valence-electron chi connectivity index (χ0n) is 7.58. The predicted molar refractivity (Wildman–Crippen MR) is 53.2 cm³/mol. The third-order valence-electron chi connectivity index (χ3n) is 3.59. The predicted octanol–water partition coefficient (Wildman–Crippen LogP) is 2.52. The third kappa shape index (κ3) is 1.86. The Balaban J connectivity index is 2.06. The molecule has 2 aliphatic carbocycles. The molecule has 0 N–H and O–H groups in total. The number of halogens is 1. The SMILES string of the molecule is O=S(=O)(Cl)C1CC2CCCCCC21. The van der Waals surface area contributed by atoms with Crippen LogP contribution in [-0.2, 0) is 9.05 Å². The second kappa shape index (κ2) is 3.43. The monoisotopic (exact) mass is 222 g/mol. The molecule has 3 atom stereocenters. The van der Waals surface area contributed by atoms with Gasteiger partial charge in [-0.3, -0.25) is 0 Å². The van der Waals surface area contributed by atoms with Crippen LogP contribution in [0, 0.1) is 11.8 Å². The Bertz CT molecular complexity index is 286. The quantitative estimate of drug-likeness (QED) is 0.639. The van der Waals surface area contributed by atoms with E-state index >= 15 is 0 Å². The lowest BCUT2D eigenvalue weighted by Crippen LogP contribution is -2.44. The van der Waals surface area contributed by atoms with E-state index in [1.165, 1.54) is 25.7 Å². The van der Waals surface area contributed by atoms with E-state index in [0.717, 1.165) is 12.8 Å². The Labute approximate surface area is 84.1 Å². The summed E-state index contributed by atoms with van der Waals surface area (Å²) in [5.41, 5.74) is 0. The molecule has 2 fully saturated rings. The highest BCUT2D eigenvalue weighted by Gasteiger charge is 2.47. The van der Waals surface area contributed by atoms with Gasteiger partial charge in [0.1, 0.15) is 0 Å². The standard InChI is InChI=1S/C9H15ClO2S/c10-13(11,12)9-6-7-4-2-1-3-5-8(7)9/h7-9H,1-6H2. The first-order chi connectivity index (χ1) is 6.09. The molecule has 0 radical (unpaired) electrons. The summed E-state index contributed by atoms with van der Waals surface area (Å²) in [6.07, 6.45) is 6.83. The second-order valence-corrected chi connectivity index (χ2v) is 7.16. The van der Waals surface area contributed by atoms with Gasteiger partial charge in [-0.15, -0.1) is 0 Å². The molecule has 76 valence electrons. The molecular weight excluding hydrogens is 208 g/mol. The maximum atomic E-state index is 11.1. The van der Waals surface area contributed by atoms with Crippen molar-refractivity contribution in [3.63, 3.8) is 0 Å². The summed E-state index contributed by atoms with van der Waals surface area (Å²) in [4.78, 5) is 0. The van der Waals surface area contributed by atoms with E-state index in [1.54, 1.807) is 0 Å². The van der Waals surface area contributed by atoms with Crippen molar-refractivity contribution in [1.82, 2.24) is 0 Å². The number of hydrogen-bond donors (Lipinski definition) is 0. The fraction of sp³-hybridized carbons (Fsp3) is 1.00. The normalized spacial score (nSPS) is 40.2. The van der Waals surface area contributed by atoms with Crippen molar-refractivity contribution in [3.8, 4) is 0 Å². The lowest BCUT2D eigenvalue weighted by molar-refractivity contribution is 0.171. The fourth-order valence-electron chi connectivity index (χ4n) is 2.80. The minimum Gasteiger partial charge on any atom is -0.212 e. The van der Waals surface area contributed by atoms with Gasteiger partial charge in [-0.1, -0.05) is 25.7 Å². The third-order valence-corrected chi connectivity index (χ3v) is 5.54. The van der Waals surface area contributed by atoms with Gasteiger partial charge in [-0.25, -0.2) is 8.42 Å². The first kappa shape index (κ1) is 9.78. The molecule has 0 aromatic heterocycles. The lowest BCUT2D eigenvalue weighted by Gasteiger charge is -2.42. The van der Waals surface area contributed by atoms with Gasteiger partial charge in [-0.05, 0) is 24.7 Å². The van der Waals surface area contributed by atoms with Crippen LogP contribution in [0.5, 0.6) is 0 Å². The largest absolute Gasteiger partial charge is 0.235 e. The van der Waals surface area contributed by atoms with Crippen LogP contribution in [0.25, 0.3) is 0 Å². The van der Waals surface area contributed by atoms with Gasteiger partial charge >= 0.3 is 0 Å². The van der Waals surface area contributed by atoms with Crippen LogP contribution >= 0.6 is 10.7 Å². The summed E-state index contributed by atoms with van der Waals surface area (Å²) >= 11 is 0. The fourth-order valence-corrected chi connectivity index (χ4v) is 4.66. The zero-order valence-corrected chi connectivity index (χ0v) is 9.15. The second-order valence-electron chi connectivity index (χ2n) is 4.31. The molecule has 0 amide bonds. The molecule has 13 heavy (non-hydrogen) atoms. The van der Waals surface area contributed by atoms with Gasteiger partial charge in [0.2, 0.25) is 9.05 Å². The molecule has 3 unspecified atom stereocenters. The van der Waals surface area contributed by atoms with Crippen LogP contribution in [0.3, 0.4) is 0 Å². The maximum Gasteiger partial charge on any atom is 0.235 e. The molecule has 0 aromatic rings. The molecule has 0 saturated heterocycles. The number of rotatable bonds is 1. The van der Waals surface area contributed by atoms with Gasteiger partial charge in [-0.2, -0.15) is 0 Å². The van der Waals surface area contributed by atoms with Gasteiger partial charge in [0.15, 0.2) is 0 Å². The summed E-state index contributed by atoms with van der Waals surface area (Å²) < 4.78 is 22.3. The summed E-state index contributed by atoms with van der Waals surface area (Å²) in [5, 5.41) is -0.225. The summed E-state index contributed by atoms with van der Waals surface area (Å²) in [7, 11) is 2.10. The van der Waals surface area contributed by atoms with E-state index in [9.17, 15) is 8.42 Å². The Morgan fingerprint density at radius 2 is 1.77 bits per heavy atom. The molecule has 2 saturated carbocycles. The summed E-state index contributed by atoms with van der Waals surface area (Å²) in [5.74, 6) is 1.03. The Kier molecular flexibility index (Phi) is 2.58. The molecule has 4 heteroatoms. The van der Waals surface area contributed by atoms with E-state index in [1.807, 2.05) is 0 Å². The molecule has 0 aliphatic heterocycles. The minimum absolute atomic E-state index is 0.225. The first-order valence-electron chi connectivity index (χ1n) is 5.02. The first-order valence-corrected chi connectivity index (χ1v) is 7.40. The van der Waals surface area contributed by atoms with Crippen LogP contribution in [0.1, 0.15) is 38.5 Å². The summed E-state index contributed by atoms with van der Waals surface area (Å²) in [6.45, 7) is 0. The zero-order chi connectivity index (χ0) is 9.47. The smallest absolute Gasteiger partial charge is 0.212 e. The molecule has 2 rings (SSSR count). The Morgan fingerprint density at radius 1 is 1.08 bits per heavy atom. The van der Waals surface area contributed by atoms with Crippen molar-refractivity contribution >= 4 is 19.7 Å². The van der Waals surface area contributed by atoms with Crippen LogP contribution in [0.2, 0.25) is 0 Å². The van der Waals surface area contributed by atoms with E-state index in [-0.39, 0.29) is 5.25 Å². The molecule has 2 nitrogen and oxygen atoms in total. The van der Waals surface area contributed by atoms with Crippen molar-refractivity contribution in [2.45, 2.75) is 43.8 Å². The van der Waals surface area contributed by atoms with Gasteiger partial charge in [0.05, 0.1) is 5.25 Å². The molecule has 0 bridgehead atoms. The molecule has 2 aliphatic rings. The maximum absolute atomic E-state index is 11.1. The average Bonchev–Trinajstić information content (AvgIpc) is 2.10. The van der Waals surface area contributed by atoms with Crippen LogP contribution in [0.4, 0.5) is 0 Å². The van der Waals surface area contributed by atoms with E-state index in [0.29, 0.717) is 11.8 Å². The molecule has 0 aromatic carbocycles. The van der Waals surface area contributed by atoms with E-state index < -0.39 is 9.05 Å². The van der Waals surface area contributed by atoms with Crippen molar-refractivity contribution in [2.75, 3.05) is 0 Å². The van der Waals surface area contributed by atoms with Crippen molar-refractivity contribution in [1.29, 1.82) is 0 Å². The molecule has 0 spiro atoms. The Hall–Kier alpha value is 0.240. The van der Waals surface area contributed by atoms with E-state index in [4.69, 9.17) is 10.7 Å². The van der Waals surface area contributed by atoms with Crippen molar-refractivity contribution < 1.29 is 8.42 Å². The van der Waals surface area contributed by atoms with Crippen LogP contribution in [-0.4, -0.2) is 13.7 Å². The van der Waals surface area contributed by atoms with Crippen molar-refractivity contribution in [2.24, 2.45) is 11.8 Å². The number of fused-ring (bicyclic) bond motifs is 1. The van der Waals surface area contributed by atoms with Crippen LogP contribution < -0.4 is 0 Å². The molecule has 0 heterocycles. The van der Waals surface area contributed by atoms with Crippen LogP contribution in [0.15, 0.2) is 0 Å². The lowest BCUT2D eigenvalue weighted by atomic mass is 9.70. The highest BCUT2D eigenvalue weighted by molar-refractivity contribution is 8.14. The topological polar surface area (TPSA) is 34.1 Å². The Morgan fingerprint density at radius 3 is 2.46 bits per heavy atom. The highest BCUT2D eigenvalue weighted by atomic mass is 35.7. The molecular formula is C9H15ClO2S. The highest BCUT2D eigenvalue weighted by Crippen LogP contribution is 2.47. The van der Waals surface area contributed by atoms with Gasteiger partial charge < -0.3 is 0 Å². The van der Waals surface area contributed by atoms with Gasteiger partial charge in [0.25, 0.3) is 0 Å². The van der Waals surface area contributed by atoms with Gasteiger partial charge in [0, 0.05) is 10.7 Å². The number of hydrogen-bond acceptors (Lipinski definition) is 2. The average molecular weight is 223 g/mol. The van der Waals surface area contributed by atoms with Crippen molar-refractivity contribution in [3.05, 3.63) is 0 Å². The summed E-state index contributed by atoms with van der Waals surface area (Å²) in [6, 6.07) is 0.